The van der Waals surface area contributed by atoms with Crippen LogP contribution in [0.2, 0.25) is 0 Å². The summed E-state index contributed by atoms with van der Waals surface area (Å²) in [5.41, 5.74) is 0. The van der Waals surface area contributed by atoms with E-state index in [2.05, 4.69) is 6.92 Å². The van der Waals surface area contributed by atoms with Crippen LogP contribution in [-0.2, 0) is 9.59 Å². The van der Waals surface area contributed by atoms with Crippen LogP contribution < -0.4 is 56.5 Å². The van der Waals surface area contributed by atoms with Gasteiger partial charge in [-0.25, -0.2) is 0 Å². The predicted octanol–water partition coefficient (Wildman–Crippen LogP) is 3.04. The summed E-state index contributed by atoms with van der Waals surface area (Å²) in [7, 11) is 0. The third-order valence-electron chi connectivity index (χ3n) is 5.32. The molecule has 0 fully saturated rings. The van der Waals surface area contributed by atoms with Gasteiger partial charge < -0.3 is 15.0 Å². The van der Waals surface area contributed by atoms with Crippen molar-refractivity contribution in [2.45, 2.75) is 122 Å². The van der Waals surface area contributed by atoms with Crippen molar-refractivity contribution in [3.63, 3.8) is 0 Å². The Morgan fingerprint density at radius 3 is 1.55 bits per heavy atom. The van der Waals surface area contributed by atoms with Crippen molar-refractivity contribution in [2.24, 2.45) is 5.92 Å². The van der Waals surface area contributed by atoms with Crippen LogP contribution in [0.3, 0.4) is 0 Å². The fraction of sp³-hybridized carbons (Fsp3) is 0.833. The molecule has 1 unspecified atom stereocenters. The van der Waals surface area contributed by atoms with Crippen molar-refractivity contribution in [3.8, 4) is 0 Å². The minimum absolute atomic E-state index is 0. The molecule has 0 spiro atoms. The summed E-state index contributed by atoms with van der Waals surface area (Å²) in [6.07, 6.45) is 24.8. The fourth-order valence-electron chi connectivity index (χ4n) is 3.48. The molecular weight excluding hydrogens is 391 g/mol. The zero-order chi connectivity index (χ0) is 20.9. The van der Waals surface area contributed by atoms with Gasteiger partial charge in [0.25, 0.3) is 0 Å². The van der Waals surface area contributed by atoms with Crippen LogP contribution >= 0.6 is 0 Å². The molecule has 0 amide bonds. The van der Waals surface area contributed by atoms with Gasteiger partial charge >= 0.3 is 57.4 Å². The molecule has 0 rings (SSSR count). The van der Waals surface area contributed by atoms with E-state index in [0.29, 0.717) is 0 Å². The molecule has 5 heteroatoms. The Hall–Kier alpha value is 0.316. The third kappa shape index (κ3) is 24.5. The number of allylic oxidation sites excluding steroid dienone is 2. The van der Waals surface area contributed by atoms with Crippen LogP contribution in [0.4, 0.5) is 0 Å². The van der Waals surface area contributed by atoms with E-state index < -0.39 is 24.3 Å². The summed E-state index contributed by atoms with van der Waals surface area (Å²) >= 11 is 0. The fourth-order valence-corrected chi connectivity index (χ4v) is 3.48. The number of carbonyl (C=O) groups is 2. The predicted molar refractivity (Wildman–Crippen MR) is 114 cm³/mol. The van der Waals surface area contributed by atoms with Crippen LogP contribution in [0.15, 0.2) is 12.2 Å². The van der Waals surface area contributed by atoms with Gasteiger partial charge in [0.1, 0.15) is 0 Å². The molecule has 0 aliphatic heterocycles. The van der Waals surface area contributed by atoms with Gasteiger partial charge in [0, 0.05) is 12.4 Å². The van der Waals surface area contributed by atoms with E-state index >= 15 is 0 Å². The van der Waals surface area contributed by atoms with Crippen molar-refractivity contribution < 1.29 is 71.2 Å². The molecule has 0 bridgehead atoms. The second kappa shape index (κ2) is 24.6. The SMILES string of the molecule is CCCCCCCCCCCCCCCCC/C=C/CC(CC(=O)[O-])C(=O)O.[K+]. The van der Waals surface area contributed by atoms with E-state index in [1.54, 1.807) is 6.08 Å². The van der Waals surface area contributed by atoms with Crippen molar-refractivity contribution in [1.29, 1.82) is 0 Å². The van der Waals surface area contributed by atoms with E-state index in [1.807, 2.05) is 6.08 Å². The van der Waals surface area contributed by atoms with E-state index in [-0.39, 0.29) is 57.8 Å². The average molecular weight is 435 g/mol. The molecule has 1 atom stereocenters. The first-order chi connectivity index (χ1) is 13.6. The molecule has 0 aromatic rings. The topological polar surface area (TPSA) is 77.4 Å². The van der Waals surface area contributed by atoms with Gasteiger partial charge in [-0.3, -0.25) is 4.79 Å². The Bertz CT molecular complexity index is 410. The maximum absolute atomic E-state index is 10.9. The zero-order valence-corrected chi connectivity index (χ0v) is 22.3. The maximum Gasteiger partial charge on any atom is 1.00 e. The number of carboxylic acid groups (broad SMARTS) is 2. The number of hydrogen-bond donors (Lipinski definition) is 1. The van der Waals surface area contributed by atoms with Crippen molar-refractivity contribution in [2.75, 3.05) is 0 Å². The molecule has 1 N–H and O–H groups in total. The molecule has 4 nitrogen and oxygen atoms in total. The minimum Gasteiger partial charge on any atom is -0.550 e. The Labute approximate surface area is 221 Å². The quantitative estimate of drug-likeness (QED) is 0.171. The largest absolute Gasteiger partial charge is 1.00 e. The molecule has 29 heavy (non-hydrogen) atoms. The average Bonchev–Trinajstić information content (AvgIpc) is 2.65. The molecule has 164 valence electrons. The summed E-state index contributed by atoms with van der Waals surface area (Å²) in [6.45, 7) is 2.26. The summed E-state index contributed by atoms with van der Waals surface area (Å²) in [5.74, 6) is -3.24. The first-order valence-corrected chi connectivity index (χ1v) is 11.7. The number of unbranched alkanes of at least 4 members (excludes halogenated alkanes) is 15. The van der Waals surface area contributed by atoms with E-state index in [9.17, 15) is 14.7 Å². The zero-order valence-electron chi connectivity index (χ0n) is 19.1. The van der Waals surface area contributed by atoms with Gasteiger partial charge in [-0.15, -0.1) is 0 Å². The molecule has 0 aliphatic carbocycles. The summed E-state index contributed by atoms with van der Waals surface area (Å²) < 4.78 is 0. The maximum atomic E-state index is 10.9. The van der Waals surface area contributed by atoms with Gasteiger partial charge in [-0.05, 0) is 19.3 Å². The second-order valence-corrected chi connectivity index (χ2v) is 8.06. The number of aliphatic carboxylic acids is 2. The summed E-state index contributed by atoms with van der Waals surface area (Å²) in [6, 6.07) is 0. The molecule has 0 aliphatic rings. The van der Waals surface area contributed by atoms with Gasteiger partial charge in [0.15, 0.2) is 0 Å². The molecule has 0 aromatic carbocycles. The number of hydrogen-bond acceptors (Lipinski definition) is 3. The van der Waals surface area contributed by atoms with Gasteiger partial charge in [-0.2, -0.15) is 0 Å². The molecule has 0 heterocycles. The third-order valence-corrected chi connectivity index (χ3v) is 5.32. The van der Waals surface area contributed by atoms with E-state index in [4.69, 9.17) is 5.11 Å². The van der Waals surface area contributed by atoms with Crippen molar-refractivity contribution in [3.05, 3.63) is 12.2 Å². The summed E-state index contributed by atoms with van der Waals surface area (Å²) in [4.78, 5) is 21.4. The van der Waals surface area contributed by atoms with Crippen LogP contribution in [0, 0.1) is 5.92 Å². The van der Waals surface area contributed by atoms with Crippen LogP contribution in [-0.4, -0.2) is 17.0 Å². The number of carboxylic acids is 2. The first-order valence-electron chi connectivity index (χ1n) is 11.7. The monoisotopic (exact) mass is 434 g/mol. The van der Waals surface area contributed by atoms with Crippen LogP contribution in [0.25, 0.3) is 0 Å². The Balaban J connectivity index is 0. The molecular formula is C24H43KO4. The van der Waals surface area contributed by atoms with Gasteiger partial charge in [0.05, 0.1) is 5.92 Å². The minimum atomic E-state index is -1.30. The summed E-state index contributed by atoms with van der Waals surface area (Å²) in [5, 5.41) is 19.4. The Morgan fingerprint density at radius 2 is 1.17 bits per heavy atom. The standard InChI is InChI=1S/C24H44O4.K/c1-2-3-4-5-6-7-8-9-10-11-12-13-14-15-16-17-18-19-20-22(24(27)28)21-23(25)26;/h18-19,22H,2-17,20-21H2,1H3,(H,25,26)(H,27,28);/q;+1/p-1/b19-18+;. The number of carbonyl (C=O) groups excluding carboxylic acids is 1. The molecule has 0 saturated carbocycles. The normalized spacial score (nSPS) is 12.0. The first kappa shape index (κ1) is 31.5. The van der Waals surface area contributed by atoms with E-state index in [0.717, 1.165) is 12.8 Å². The second-order valence-electron chi connectivity index (χ2n) is 8.06. The van der Waals surface area contributed by atoms with Crippen LogP contribution in [0.5, 0.6) is 0 Å². The van der Waals surface area contributed by atoms with Crippen molar-refractivity contribution >= 4 is 11.9 Å². The van der Waals surface area contributed by atoms with Crippen LogP contribution in [0.1, 0.15) is 122 Å². The van der Waals surface area contributed by atoms with Gasteiger partial charge in [0.2, 0.25) is 0 Å². The van der Waals surface area contributed by atoms with Crippen molar-refractivity contribution in [1.82, 2.24) is 0 Å². The molecule has 0 radical (unpaired) electrons. The Morgan fingerprint density at radius 1 is 0.759 bits per heavy atom. The molecule has 0 saturated heterocycles. The molecule has 0 aromatic heterocycles. The van der Waals surface area contributed by atoms with E-state index in [1.165, 1.54) is 89.9 Å². The smallest absolute Gasteiger partial charge is 0.550 e. The number of rotatable bonds is 21. The van der Waals surface area contributed by atoms with Gasteiger partial charge in [-0.1, -0.05) is 109 Å². The Kier molecular flexibility index (Phi) is 26.7.